The van der Waals surface area contributed by atoms with Crippen molar-refractivity contribution in [1.29, 1.82) is 0 Å². The number of benzene rings is 2. The lowest BCUT2D eigenvalue weighted by Crippen LogP contribution is -2.43. The van der Waals surface area contributed by atoms with Gasteiger partial charge in [-0.1, -0.05) is 36.4 Å². The summed E-state index contributed by atoms with van der Waals surface area (Å²) in [6.07, 6.45) is 5.02. The quantitative estimate of drug-likeness (QED) is 0.686. The summed E-state index contributed by atoms with van der Waals surface area (Å²) in [5.74, 6) is -3.70. The molecule has 0 radical (unpaired) electrons. The average molecular weight is 366 g/mol. The van der Waals surface area contributed by atoms with Gasteiger partial charge in [0.05, 0.1) is 28.7 Å². The number of rotatable bonds is 1. The number of carboxylic acids is 1. The monoisotopic (exact) mass is 366 g/mol. The molecule has 1 aromatic heterocycles. The number of halogens is 2. The van der Waals surface area contributed by atoms with Crippen molar-refractivity contribution in [1.82, 2.24) is 4.57 Å². The van der Waals surface area contributed by atoms with E-state index in [1.807, 2.05) is 36.4 Å². The molecule has 1 aliphatic heterocycles. The van der Waals surface area contributed by atoms with Gasteiger partial charge in [-0.05, 0) is 16.5 Å². The number of pyridine rings is 1. The van der Waals surface area contributed by atoms with E-state index in [1.54, 1.807) is 4.57 Å². The fourth-order valence-electron chi connectivity index (χ4n) is 3.93. The van der Waals surface area contributed by atoms with E-state index >= 15 is 0 Å². The van der Waals surface area contributed by atoms with Gasteiger partial charge in [0.25, 0.3) is 0 Å². The molecular formula is C20H12F2N2O3. The minimum Gasteiger partial charge on any atom is -0.477 e. The number of carboxylic acid groups (broad SMARTS) is 1. The van der Waals surface area contributed by atoms with Crippen LogP contribution in [0.4, 0.5) is 14.5 Å². The zero-order valence-corrected chi connectivity index (χ0v) is 13.7. The Labute approximate surface area is 150 Å². The van der Waals surface area contributed by atoms with Gasteiger partial charge in [-0.3, -0.25) is 4.79 Å². The number of anilines is 1. The zero-order valence-electron chi connectivity index (χ0n) is 13.7. The fraction of sp³-hybridized carbons (Fsp3) is 0.100. The highest BCUT2D eigenvalue weighted by molar-refractivity contribution is 5.98. The Balaban J connectivity index is 1.94. The molecule has 134 valence electrons. The molecule has 0 spiro atoms. The Kier molecular flexibility index (Phi) is 3.07. The minimum absolute atomic E-state index is 0.135. The van der Waals surface area contributed by atoms with Crippen molar-refractivity contribution >= 4 is 34.7 Å². The van der Waals surface area contributed by atoms with Crippen LogP contribution in [0.15, 0.2) is 41.3 Å². The first-order valence-corrected chi connectivity index (χ1v) is 8.31. The Morgan fingerprint density at radius 3 is 2.56 bits per heavy atom. The Morgan fingerprint density at radius 2 is 1.85 bits per heavy atom. The van der Waals surface area contributed by atoms with Crippen LogP contribution in [0.5, 0.6) is 0 Å². The SMILES string of the molecule is O=C(O)c1cn2c3c(c(F)c(F)cc3c1=O)NC1C=c3ccccc3=CC12. The number of nitrogens with one attached hydrogen (secondary N) is 1. The summed E-state index contributed by atoms with van der Waals surface area (Å²) in [5, 5.41) is 14.1. The van der Waals surface area contributed by atoms with Crippen molar-refractivity contribution in [3.8, 4) is 0 Å². The van der Waals surface area contributed by atoms with Gasteiger partial charge in [0, 0.05) is 6.20 Å². The summed E-state index contributed by atoms with van der Waals surface area (Å²) in [6, 6.07) is 7.54. The molecule has 5 rings (SSSR count). The third-order valence-corrected chi connectivity index (χ3v) is 5.14. The molecule has 27 heavy (non-hydrogen) atoms. The number of fused-ring (bicyclic) bond motifs is 3. The van der Waals surface area contributed by atoms with Crippen LogP contribution < -0.4 is 21.2 Å². The van der Waals surface area contributed by atoms with E-state index in [0.29, 0.717) is 0 Å². The third kappa shape index (κ3) is 2.08. The lowest BCUT2D eigenvalue weighted by Gasteiger charge is -2.35. The first kappa shape index (κ1) is 15.7. The van der Waals surface area contributed by atoms with Crippen LogP contribution in [0, 0.1) is 11.6 Å². The zero-order chi connectivity index (χ0) is 18.9. The second kappa shape index (κ2) is 5.26. The van der Waals surface area contributed by atoms with Gasteiger partial charge in [-0.15, -0.1) is 0 Å². The summed E-state index contributed by atoms with van der Waals surface area (Å²) in [6.45, 7) is 0. The van der Waals surface area contributed by atoms with Crippen molar-refractivity contribution in [2.24, 2.45) is 0 Å². The third-order valence-electron chi connectivity index (χ3n) is 5.14. The fourth-order valence-corrected chi connectivity index (χ4v) is 3.93. The van der Waals surface area contributed by atoms with E-state index in [-0.39, 0.29) is 16.6 Å². The molecular weight excluding hydrogens is 354 g/mol. The molecule has 0 saturated heterocycles. The molecule has 2 aliphatic rings. The molecule has 0 amide bonds. The summed E-state index contributed by atoms with van der Waals surface area (Å²) < 4.78 is 30.1. The number of aromatic carboxylic acids is 1. The van der Waals surface area contributed by atoms with Crippen molar-refractivity contribution < 1.29 is 18.7 Å². The predicted molar refractivity (Wildman–Crippen MR) is 96.2 cm³/mol. The predicted octanol–water partition coefficient (Wildman–Crippen LogP) is 1.59. The largest absolute Gasteiger partial charge is 0.477 e. The van der Waals surface area contributed by atoms with Crippen LogP contribution in [0.2, 0.25) is 0 Å². The van der Waals surface area contributed by atoms with Crippen molar-refractivity contribution in [2.45, 2.75) is 12.1 Å². The molecule has 2 aromatic carbocycles. The van der Waals surface area contributed by atoms with Crippen LogP contribution >= 0.6 is 0 Å². The van der Waals surface area contributed by atoms with Crippen LogP contribution in [0.3, 0.4) is 0 Å². The smallest absolute Gasteiger partial charge is 0.341 e. The van der Waals surface area contributed by atoms with E-state index in [1.165, 1.54) is 6.20 Å². The number of nitrogens with zero attached hydrogens (tertiary/aromatic N) is 1. The Morgan fingerprint density at radius 1 is 1.15 bits per heavy atom. The second-order valence-corrected chi connectivity index (χ2v) is 6.65. The molecule has 1 aliphatic carbocycles. The maximum absolute atomic E-state index is 14.5. The van der Waals surface area contributed by atoms with E-state index in [9.17, 15) is 23.5 Å². The van der Waals surface area contributed by atoms with Gasteiger partial charge in [0.1, 0.15) is 5.56 Å². The number of carbonyl (C=O) groups is 1. The number of aromatic nitrogens is 1. The lowest BCUT2D eigenvalue weighted by atomic mass is 9.94. The molecule has 2 N–H and O–H groups in total. The number of hydrogen-bond acceptors (Lipinski definition) is 3. The maximum atomic E-state index is 14.5. The van der Waals surface area contributed by atoms with E-state index in [0.717, 1.165) is 16.5 Å². The topological polar surface area (TPSA) is 71.3 Å². The highest BCUT2D eigenvalue weighted by Gasteiger charge is 2.33. The molecule has 7 heteroatoms. The highest BCUT2D eigenvalue weighted by atomic mass is 19.2. The molecule has 0 saturated carbocycles. The van der Waals surface area contributed by atoms with Crippen molar-refractivity contribution in [2.75, 3.05) is 5.32 Å². The van der Waals surface area contributed by atoms with Gasteiger partial charge >= 0.3 is 5.97 Å². The Bertz CT molecular complexity index is 1340. The van der Waals surface area contributed by atoms with Crippen LogP contribution in [-0.4, -0.2) is 21.7 Å². The molecule has 0 fully saturated rings. The molecule has 2 heterocycles. The summed E-state index contributed by atoms with van der Waals surface area (Å²) >= 11 is 0. The molecule has 3 aromatic rings. The van der Waals surface area contributed by atoms with Crippen LogP contribution in [0.25, 0.3) is 23.1 Å². The number of hydrogen-bond donors (Lipinski definition) is 2. The normalized spacial score (nSPS) is 19.3. The van der Waals surface area contributed by atoms with E-state index < -0.39 is 40.7 Å². The summed E-state index contributed by atoms with van der Waals surface area (Å²) in [5.41, 5.74) is -1.29. The summed E-state index contributed by atoms with van der Waals surface area (Å²) in [7, 11) is 0. The molecule has 2 atom stereocenters. The molecule has 2 unspecified atom stereocenters. The second-order valence-electron chi connectivity index (χ2n) is 6.65. The summed E-state index contributed by atoms with van der Waals surface area (Å²) in [4.78, 5) is 24.0. The van der Waals surface area contributed by atoms with Crippen molar-refractivity contribution in [3.05, 3.63) is 74.4 Å². The maximum Gasteiger partial charge on any atom is 0.341 e. The average Bonchev–Trinajstić information content (AvgIpc) is 2.65. The first-order valence-electron chi connectivity index (χ1n) is 8.31. The van der Waals surface area contributed by atoms with E-state index in [4.69, 9.17) is 0 Å². The lowest BCUT2D eigenvalue weighted by molar-refractivity contribution is 0.0694. The van der Waals surface area contributed by atoms with Gasteiger partial charge in [0.2, 0.25) is 5.43 Å². The van der Waals surface area contributed by atoms with Crippen LogP contribution in [0.1, 0.15) is 16.4 Å². The first-order chi connectivity index (χ1) is 13.0. The van der Waals surface area contributed by atoms with Gasteiger partial charge in [-0.2, -0.15) is 0 Å². The minimum atomic E-state index is -1.41. The van der Waals surface area contributed by atoms with Crippen LogP contribution in [-0.2, 0) is 0 Å². The van der Waals surface area contributed by atoms with E-state index in [2.05, 4.69) is 5.32 Å². The Hall–Kier alpha value is -3.48. The van der Waals surface area contributed by atoms with Gasteiger partial charge in [0.15, 0.2) is 11.6 Å². The standard InChI is InChI=1S/C20H12F2N2O3/c21-13-7-11-18-17(16(13)22)23-14-5-9-3-1-2-4-10(9)6-15(14)24(18)8-12(19(11)25)20(26)27/h1-8,14-15,23H,(H,26,27). The molecule has 5 nitrogen and oxygen atoms in total. The molecule has 0 bridgehead atoms. The van der Waals surface area contributed by atoms with Gasteiger partial charge < -0.3 is 15.0 Å². The van der Waals surface area contributed by atoms with Gasteiger partial charge in [-0.25, -0.2) is 13.6 Å². The van der Waals surface area contributed by atoms with Crippen molar-refractivity contribution in [3.63, 3.8) is 0 Å². The highest BCUT2D eigenvalue weighted by Crippen LogP contribution is 2.37.